The molecule has 2 aromatic rings. The summed E-state index contributed by atoms with van der Waals surface area (Å²) in [6.45, 7) is 3.70. The zero-order valence-corrected chi connectivity index (χ0v) is 18.8. The summed E-state index contributed by atoms with van der Waals surface area (Å²) in [4.78, 5) is 14.8. The summed E-state index contributed by atoms with van der Waals surface area (Å²) in [6, 6.07) is 11.6. The van der Waals surface area contributed by atoms with Gasteiger partial charge in [-0.15, -0.1) is 0 Å². The Labute approximate surface area is 179 Å². The average molecular weight is 431 g/mol. The lowest BCUT2D eigenvalue weighted by atomic mass is 9.91. The van der Waals surface area contributed by atoms with Gasteiger partial charge in [0, 0.05) is 19.7 Å². The van der Waals surface area contributed by atoms with Crippen molar-refractivity contribution >= 4 is 21.6 Å². The van der Waals surface area contributed by atoms with Crippen molar-refractivity contribution in [3.05, 3.63) is 59.2 Å². The number of aliphatic hydroxyl groups is 1. The summed E-state index contributed by atoms with van der Waals surface area (Å²) in [5.74, 6) is -0.167. The molecule has 0 radical (unpaired) electrons. The lowest BCUT2D eigenvalue weighted by Gasteiger charge is -2.35. The van der Waals surface area contributed by atoms with Gasteiger partial charge in [0.1, 0.15) is 0 Å². The van der Waals surface area contributed by atoms with E-state index in [4.69, 9.17) is 0 Å². The van der Waals surface area contributed by atoms with Crippen molar-refractivity contribution in [3.63, 3.8) is 0 Å². The van der Waals surface area contributed by atoms with Gasteiger partial charge >= 0.3 is 0 Å². The standard InChI is InChI=1S/C23H30N2O4S/c1-16-9-12-19(13-10-16)30(28,29)25(4)20-14-11-18(15-17(20)2)23(27)24(3)21-7-5-6-8-22(21)26/h9-15,21-22,26H,5-8H2,1-4H3/t21-,22-/m1/s1. The molecule has 162 valence electrons. The third-order valence-corrected chi connectivity index (χ3v) is 7.76. The number of rotatable bonds is 5. The van der Waals surface area contributed by atoms with E-state index in [1.807, 2.05) is 6.92 Å². The van der Waals surface area contributed by atoms with Crippen LogP contribution in [0.15, 0.2) is 47.4 Å². The second-order valence-corrected chi connectivity index (χ2v) is 10.1. The second kappa shape index (κ2) is 8.78. The number of anilines is 1. The second-order valence-electron chi connectivity index (χ2n) is 8.12. The van der Waals surface area contributed by atoms with E-state index in [-0.39, 0.29) is 16.8 Å². The van der Waals surface area contributed by atoms with Gasteiger partial charge in [0.2, 0.25) is 0 Å². The van der Waals surface area contributed by atoms with Crippen LogP contribution in [0.1, 0.15) is 47.2 Å². The Morgan fingerprint density at radius 3 is 2.23 bits per heavy atom. The molecule has 1 aliphatic carbocycles. The molecule has 1 fully saturated rings. The first kappa shape index (κ1) is 22.3. The van der Waals surface area contributed by atoms with Gasteiger partial charge in [0.15, 0.2) is 0 Å². The third kappa shape index (κ3) is 4.37. The highest BCUT2D eigenvalue weighted by Gasteiger charge is 2.30. The van der Waals surface area contributed by atoms with E-state index in [1.54, 1.807) is 61.3 Å². The predicted molar refractivity (Wildman–Crippen MR) is 118 cm³/mol. The highest BCUT2D eigenvalue weighted by Crippen LogP contribution is 2.28. The van der Waals surface area contributed by atoms with Crippen molar-refractivity contribution in [1.29, 1.82) is 0 Å². The van der Waals surface area contributed by atoms with Crippen LogP contribution >= 0.6 is 0 Å². The quantitative estimate of drug-likeness (QED) is 0.788. The normalized spacial score (nSPS) is 19.4. The molecule has 7 heteroatoms. The number of carbonyl (C=O) groups excluding carboxylic acids is 1. The first-order chi connectivity index (χ1) is 14.1. The SMILES string of the molecule is Cc1ccc(S(=O)(=O)N(C)c2ccc(C(=O)N(C)[C@@H]3CCCC[C@H]3O)cc2C)cc1. The summed E-state index contributed by atoms with van der Waals surface area (Å²) < 4.78 is 27.2. The molecular formula is C23H30N2O4S. The van der Waals surface area contributed by atoms with Gasteiger partial charge in [0.25, 0.3) is 15.9 Å². The minimum absolute atomic E-state index is 0.167. The number of sulfonamides is 1. The number of aryl methyl sites for hydroxylation is 2. The van der Waals surface area contributed by atoms with E-state index in [0.717, 1.165) is 24.8 Å². The summed E-state index contributed by atoms with van der Waals surface area (Å²) in [5, 5.41) is 10.3. The van der Waals surface area contributed by atoms with Crippen LogP contribution in [-0.4, -0.2) is 50.6 Å². The van der Waals surface area contributed by atoms with E-state index < -0.39 is 16.1 Å². The molecule has 30 heavy (non-hydrogen) atoms. The van der Waals surface area contributed by atoms with Crippen molar-refractivity contribution in [3.8, 4) is 0 Å². The highest BCUT2D eigenvalue weighted by molar-refractivity contribution is 7.92. The smallest absolute Gasteiger partial charge is 0.264 e. The topological polar surface area (TPSA) is 77.9 Å². The zero-order chi connectivity index (χ0) is 22.1. The lowest BCUT2D eigenvalue weighted by molar-refractivity contribution is 0.0268. The van der Waals surface area contributed by atoms with Gasteiger partial charge in [0.05, 0.1) is 22.7 Å². The fraction of sp³-hybridized carbons (Fsp3) is 0.435. The summed E-state index contributed by atoms with van der Waals surface area (Å²) in [6.07, 6.45) is 2.98. The lowest BCUT2D eigenvalue weighted by Crippen LogP contribution is -2.46. The van der Waals surface area contributed by atoms with Gasteiger partial charge in [-0.25, -0.2) is 8.42 Å². The van der Waals surface area contributed by atoms with Crippen LogP contribution in [0.5, 0.6) is 0 Å². The maximum atomic E-state index is 13.0. The number of hydrogen-bond acceptors (Lipinski definition) is 4. The molecule has 1 amide bonds. The number of nitrogens with zero attached hydrogens (tertiary/aromatic N) is 2. The molecule has 1 aliphatic rings. The van der Waals surface area contributed by atoms with Crippen molar-refractivity contribution in [1.82, 2.24) is 4.90 Å². The van der Waals surface area contributed by atoms with E-state index in [1.165, 1.54) is 11.4 Å². The maximum absolute atomic E-state index is 13.0. The van der Waals surface area contributed by atoms with Gasteiger partial charge in [-0.2, -0.15) is 0 Å². The predicted octanol–water partition coefficient (Wildman–Crippen LogP) is 3.50. The van der Waals surface area contributed by atoms with Gasteiger partial charge < -0.3 is 10.0 Å². The molecule has 0 heterocycles. The van der Waals surface area contributed by atoms with Gasteiger partial charge in [-0.1, -0.05) is 30.5 Å². The molecule has 0 unspecified atom stereocenters. The molecular weight excluding hydrogens is 400 g/mol. The van der Waals surface area contributed by atoms with Crippen LogP contribution in [0, 0.1) is 13.8 Å². The zero-order valence-electron chi connectivity index (χ0n) is 18.0. The van der Waals surface area contributed by atoms with E-state index >= 15 is 0 Å². The summed E-state index contributed by atoms with van der Waals surface area (Å²) >= 11 is 0. The van der Waals surface area contributed by atoms with Crippen molar-refractivity contribution in [2.24, 2.45) is 0 Å². The average Bonchev–Trinajstić information content (AvgIpc) is 2.72. The molecule has 0 saturated heterocycles. The number of likely N-dealkylation sites (N-methyl/N-ethyl adjacent to an activating group) is 1. The number of benzene rings is 2. The first-order valence-electron chi connectivity index (χ1n) is 10.2. The molecule has 6 nitrogen and oxygen atoms in total. The van der Waals surface area contributed by atoms with Crippen LogP contribution in [0.3, 0.4) is 0 Å². The van der Waals surface area contributed by atoms with Crippen LogP contribution in [0.4, 0.5) is 5.69 Å². The largest absolute Gasteiger partial charge is 0.391 e. The minimum atomic E-state index is -3.70. The molecule has 3 rings (SSSR count). The molecule has 0 bridgehead atoms. The molecule has 2 atom stereocenters. The summed E-state index contributed by atoms with van der Waals surface area (Å²) in [7, 11) is -0.462. The molecule has 2 aromatic carbocycles. The Morgan fingerprint density at radius 2 is 1.63 bits per heavy atom. The van der Waals surface area contributed by atoms with Gasteiger partial charge in [-0.3, -0.25) is 9.10 Å². The Hall–Kier alpha value is -2.38. The Balaban J connectivity index is 1.84. The maximum Gasteiger partial charge on any atom is 0.264 e. The number of carbonyl (C=O) groups is 1. The Bertz CT molecular complexity index is 1020. The number of amides is 1. The first-order valence-corrected chi connectivity index (χ1v) is 11.7. The van der Waals surface area contributed by atoms with Crippen LogP contribution < -0.4 is 4.31 Å². The van der Waals surface area contributed by atoms with Crippen molar-refractivity contribution < 1.29 is 18.3 Å². The molecule has 0 aromatic heterocycles. The fourth-order valence-corrected chi connectivity index (χ4v) is 5.30. The van der Waals surface area contributed by atoms with Crippen LogP contribution in [0.2, 0.25) is 0 Å². The molecule has 1 N–H and O–H groups in total. The molecule has 0 spiro atoms. The van der Waals surface area contributed by atoms with E-state index in [2.05, 4.69) is 0 Å². The van der Waals surface area contributed by atoms with Crippen molar-refractivity contribution in [2.45, 2.75) is 56.6 Å². The van der Waals surface area contributed by atoms with Crippen LogP contribution in [0.25, 0.3) is 0 Å². The van der Waals surface area contributed by atoms with E-state index in [9.17, 15) is 18.3 Å². The molecule has 0 aliphatic heterocycles. The van der Waals surface area contributed by atoms with Gasteiger partial charge in [-0.05, 0) is 62.6 Å². The molecule has 1 saturated carbocycles. The minimum Gasteiger partial charge on any atom is -0.391 e. The van der Waals surface area contributed by atoms with E-state index in [0.29, 0.717) is 23.2 Å². The van der Waals surface area contributed by atoms with Crippen LogP contribution in [-0.2, 0) is 10.0 Å². The van der Waals surface area contributed by atoms with Crippen molar-refractivity contribution in [2.75, 3.05) is 18.4 Å². The number of hydrogen-bond donors (Lipinski definition) is 1. The highest BCUT2D eigenvalue weighted by atomic mass is 32.2. The Kier molecular flexibility index (Phi) is 6.53. The fourth-order valence-electron chi connectivity index (χ4n) is 4.04. The monoisotopic (exact) mass is 430 g/mol. The summed E-state index contributed by atoms with van der Waals surface area (Å²) in [5.41, 5.74) is 2.68. The third-order valence-electron chi connectivity index (χ3n) is 5.97. The number of aliphatic hydroxyl groups excluding tert-OH is 1. The Morgan fingerprint density at radius 1 is 1.00 bits per heavy atom.